The molecule has 5 aromatic carbocycles. The molecular weight excluding hydrogens is 638 g/mol. The minimum Gasteiger partial charge on any atom is -0.407 e. The van der Waals surface area contributed by atoms with Crippen molar-refractivity contribution in [3.05, 3.63) is 127 Å². The van der Waals surface area contributed by atoms with Gasteiger partial charge in [0.1, 0.15) is 0 Å². The van der Waals surface area contributed by atoms with Gasteiger partial charge in [0.05, 0.1) is 22.8 Å². The maximum atomic E-state index is 14.0. The Morgan fingerprint density at radius 3 is 1.98 bits per heavy atom. The van der Waals surface area contributed by atoms with Gasteiger partial charge in [0.15, 0.2) is 0 Å². The molecule has 49 heavy (non-hydrogen) atoms. The molecule has 0 saturated carbocycles. The van der Waals surface area contributed by atoms with Crippen molar-refractivity contribution in [3.63, 3.8) is 0 Å². The quantitative estimate of drug-likeness (QED) is 0.118. The van der Waals surface area contributed by atoms with Crippen molar-refractivity contribution in [2.75, 3.05) is 18.1 Å². The first-order valence-corrected chi connectivity index (χ1v) is 18.3. The number of alkyl halides is 3. The summed E-state index contributed by atoms with van der Waals surface area (Å²) in [5.74, 6) is 0. The van der Waals surface area contributed by atoms with Crippen molar-refractivity contribution in [2.24, 2.45) is 0 Å². The van der Waals surface area contributed by atoms with Crippen LogP contribution in [-0.4, -0.2) is 24.7 Å². The normalized spacial score (nSPS) is 13.1. The van der Waals surface area contributed by atoms with Crippen molar-refractivity contribution in [1.29, 1.82) is 0 Å². The second-order valence-corrected chi connectivity index (χ2v) is 17.9. The number of nitrogens with zero attached hydrogens (tertiary/aromatic N) is 2. The van der Waals surface area contributed by atoms with Gasteiger partial charge in [-0.25, -0.2) is 0 Å². The number of halogens is 3. The van der Waals surface area contributed by atoms with Crippen LogP contribution in [0.4, 0.5) is 24.5 Å². The zero-order chi connectivity index (χ0) is 35.0. The summed E-state index contributed by atoms with van der Waals surface area (Å²) in [7, 11) is -2.77. The fourth-order valence-electron chi connectivity index (χ4n) is 6.89. The zero-order valence-corrected chi connectivity index (χ0v) is 29.1. The van der Waals surface area contributed by atoms with Crippen molar-refractivity contribution in [3.8, 4) is 22.4 Å². The molecule has 0 aliphatic carbocycles. The third-order valence-corrected chi connectivity index (χ3v) is 14.3. The molecule has 0 radical (unpaired) electrons. The Morgan fingerprint density at radius 2 is 1.37 bits per heavy atom. The van der Waals surface area contributed by atoms with Crippen LogP contribution >= 0.6 is 0 Å². The number of nitrogens with two attached hydrogens (primary N) is 2. The number of hydrogen-bond donors (Lipinski definition) is 2. The van der Waals surface area contributed by atoms with E-state index in [1.807, 2.05) is 28.9 Å². The van der Waals surface area contributed by atoms with E-state index in [1.165, 1.54) is 22.5 Å². The van der Waals surface area contributed by atoms with E-state index < -0.39 is 20.1 Å². The summed E-state index contributed by atoms with van der Waals surface area (Å²) < 4.78 is 51.0. The Balaban J connectivity index is 1.42. The highest BCUT2D eigenvalue weighted by Crippen LogP contribution is 2.41. The number of nitrogen functional groups attached to an aromatic ring is 2. The summed E-state index contributed by atoms with van der Waals surface area (Å²) in [4.78, 5) is 0. The van der Waals surface area contributed by atoms with Crippen LogP contribution in [0.3, 0.4) is 0 Å². The SMILES string of the molecule is CC(CCO[Si](c1ccccc1)(c1ccccc1)C(C)(C)C)n1nc2cc(-c3ccccc3C(F)(F)F)ccc2c1-c1cc(N)ccc1N. The van der Waals surface area contributed by atoms with E-state index in [9.17, 15) is 13.2 Å². The van der Waals surface area contributed by atoms with Gasteiger partial charge in [-0.2, -0.15) is 18.3 Å². The highest BCUT2D eigenvalue weighted by molar-refractivity contribution is 6.99. The zero-order valence-electron chi connectivity index (χ0n) is 28.1. The minimum atomic E-state index is -4.49. The Bertz CT molecular complexity index is 2030. The van der Waals surface area contributed by atoms with Crippen molar-refractivity contribution < 1.29 is 17.6 Å². The van der Waals surface area contributed by atoms with Gasteiger partial charge < -0.3 is 15.9 Å². The first-order valence-electron chi connectivity index (χ1n) is 16.4. The molecule has 0 aliphatic rings. The molecule has 6 aromatic rings. The molecular formula is C40H41F3N4OSi. The van der Waals surface area contributed by atoms with Gasteiger partial charge in [-0.1, -0.05) is 106 Å². The highest BCUT2D eigenvalue weighted by atomic mass is 28.4. The van der Waals surface area contributed by atoms with E-state index in [0.717, 1.165) is 17.1 Å². The average molecular weight is 679 g/mol. The lowest BCUT2D eigenvalue weighted by molar-refractivity contribution is -0.137. The first-order chi connectivity index (χ1) is 23.3. The van der Waals surface area contributed by atoms with E-state index in [1.54, 1.807) is 30.3 Å². The van der Waals surface area contributed by atoms with Crippen molar-refractivity contribution in [1.82, 2.24) is 9.78 Å². The number of fused-ring (bicyclic) bond motifs is 1. The maximum Gasteiger partial charge on any atom is 0.417 e. The molecule has 0 amide bonds. The minimum absolute atomic E-state index is 0.100. The molecule has 0 bridgehead atoms. The molecule has 6 rings (SSSR count). The van der Waals surface area contributed by atoms with Crippen LogP contribution < -0.4 is 21.8 Å². The molecule has 0 aliphatic heterocycles. The average Bonchev–Trinajstić information content (AvgIpc) is 3.46. The van der Waals surface area contributed by atoms with E-state index in [4.69, 9.17) is 21.0 Å². The summed E-state index contributed by atoms with van der Waals surface area (Å²) in [6, 6.07) is 37.0. The number of aromatic nitrogens is 2. The summed E-state index contributed by atoms with van der Waals surface area (Å²) in [5.41, 5.74) is 15.7. The molecule has 1 atom stereocenters. The van der Waals surface area contributed by atoms with Crippen LogP contribution in [0, 0.1) is 0 Å². The van der Waals surface area contributed by atoms with Crippen LogP contribution in [0.15, 0.2) is 121 Å². The van der Waals surface area contributed by atoms with Crippen molar-refractivity contribution in [2.45, 2.75) is 51.4 Å². The standard InChI is InChI=1S/C40H41F3N4OSi/c1-27(23-24-48-49(39(2,3)4,30-13-7-5-8-14-30)31-15-9-6-10-16-31)47-38(34-26-29(44)20-22-36(34)45)33-21-19-28(25-37(33)46-47)32-17-11-12-18-35(32)40(41,42)43/h5-22,25-27H,23-24,44-45H2,1-4H3. The smallest absolute Gasteiger partial charge is 0.407 e. The summed E-state index contributed by atoms with van der Waals surface area (Å²) >= 11 is 0. The number of benzene rings is 5. The van der Waals surface area contributed by atoms with Crippen LogP contribution in [0.25, 0.3) is 33.3 Å². The van der Waals surface area contributed by atoms with Crippen LogP contribution in [0.5, 0.6) is 0 Å². The molecule has 0 saturated heterocycles. The van der Waals surface area contributed by atoms with Crippen molar-refractivity contribution >= 4 is 41.0 Å². The fraction of sp³-hybridized carbons (Fsp3) is 0.225. The molecule has 1 aromatic heterocycles. The molecule has 0 fully saturated rings. The first kappa shape index (κ1) is 34.0. The number of anilines is 2. The Labute approximate surface area is 286 Å². The predicted molar refractivity (Wildman–Crippen MR) is 197 cm³/mol. The Hall–Kier alpha value is -4.86. The van der Waals surface area contributed by atoms with Gasteiger partial charge in [-0.3, -0.25) is 4.68 Å². The van der Waals surface area contributed by atoms with E-state index >= 15 is 0 Å². The fourth-order valence-corrected chi connectivity index (χ4v) is 11.5. The second-order valence-electron chi connectivity index (χ2n) is 13.6. The number of hydrogen-bond acceptors (Lipinski definition) is 4. The van der Waals surface area contributed by atoms with Crippen LogP contribution in [0.1, 0.15) is 45.7 Å². The molecule has 9 heteroatoms. The van der Waals surface area contributed by atoms with Gasteiger partial charge in [-0.15, -0.1) is 0 Å². The third-order valence-electron chi connectivity index (χ3n) is 9.26. The lowest BCUT2D eigenvalue weighted by Gasteiger charge is -2.43. The summed E-state index contributed by atoms with van der Waals surface area (Å²) in [6.07, 6.45) is -3.87. The van der Waals surface area contributed by atoms with Gasteiger partial charge >= 0.3 is 6.18 Å². The molecule has 0 spiro atoms. The van der Waals surface area contributed by atoms with Gasteiger partial charge in [-0.05, 0) is 76.3 Å². The summed E-state index contributed by atoms with van der Waals surface area (Å²) in [5, 5.41) is 8.00. The van der Waals surface area contributed by atoms with E-state index in [-0.39, 0.29) is 16.6 Å². The molecule has 4 N–H and O–H groups in total. The topological polar surface area (TPSA) is 79.1 Å². The Morgan fingerprint density at radius 1 is 0.755 bits per heavy atom. The van der Waals surface area contributed by atoms with Crippen LogP contribution in [0.2, 0.25) is 5.04 Å². The molecule has 1 unspecified atom stereocenters. The number of rotatable bonds is 9. The molecule has 5 nitrogen and oxygen atoms in total. The van der Waals surface area contributed by atoms with Crippen LogP contribution in [-0.2, 0) is 10.6 Å². The monoisotopic (exact) mass is 678 g/mol. The van der Waals surface area contributed by atoms with Gasteiger partial charge in [0.25, 0.3) is 8.32 Å². The lowest BCUT2D eigenvalue weighted by atomic mass is 9.97. The van der Waals surface area contributed by atoms with Gasteiger partial charge in [0.2, 0.25) is 0 Å². The third kappa shape index (κ3) is 6.48. The predicted octanol–water partition coefficient (Wildman–Crippen LogP) is 9.08. The second kappa shape index (κ2) is 13.2. The largest absolute Gasteiger partial charge is 0.417 e. The highest BCUT2D eigenvalue weighted by Gasteiger charge is 2.50. The lowest BCUT2D eigenvalue weighted by Crippen LogP contribution is -2.66. The Kier molecular flexibility index (Phi) is 9.17. The maximum absolute atomic E-state index is 14.0. The van der Waals surface area contributed by atoms with E-state index in [0.29, 0.717) is 41.0 Å². The summed E-state index contributed by atoms with van der Waals surface area (Å²) in [6.45, 7) is 9.28. The molecule has 252 valence electrons. The molecule has 1 heterocycles. The van der Waals surface area contributed by atoms with E-state index in [2.05, 4.69) is 76.2 Å². The van der Waals surface area contributed by atoms with Gasteiger partial charge in [0, 0.05) is 28.9 Å².